The maximum atomic E-state index is 10.4. The van der Waals surface area contributed by atoms with Crippen molar-refractivity contribution in [2.75, 3.05) is 0 Å². The van der Waals surface area contributed by atoms with Crippen molar-refractivity contribution in [1.29, 1.82) is 0 Å². The fraction of sp³-hybridized carbons (Fsp3) is 0.567. The molecule has 7 rings (SSSR count). The minimum atomic E-state index is -0.213. The van der Waals surface area contributed by atoms with Crippen LogP contribution in [0.4, 0.5) is 0 Å². The molecule has 5 aliphatic rings. The van der Waals surface area contributed by atoms with E-state index in [4.69, 9.17) is 4.74 Å². The zero-order valence-electron chi connectivity index (χ0n) is 20.3. The normalized spacial score (nSPS) is 40.7. The molecule has 2 aromatic rings. The van der Waals surface area contributed by atoms with Crippen molar-refractivity contribution in [3.05, 3.63) is 65.5 Å². The standard InChI is InChI=1S/C28H31NO2.C2H6/c1-26-10-8-22-15-21-4-5-23(30)16-27(21)11-12-28(22,31-27)25(26)7-6-24(26)19-3-2-18-9-13-29-17-20(18)14-19;1-2/h2-3,8-9,13-15,17,23-25,30H,4-7,10-12,16H2,1H3;1-2H3/t23-,24+,25+,26+,27+,28+;/m0./s1. The highest BCUT2D eigenvalue weighted by Gasteiger charge is 2.66. The quantitative estimate of drug-likeness (QED) is 0.523. The highest BCUT2D eigenvalue weighted by molar-refractivity contribution is 5.82. The first-order valence-corrected chi connectivity index (χ1v) is 13.2. The number of ether oxygens (including phenoxy) is 1. The topological polar surface area (TPSA) is 42.4 Å². The van der Waals surface area contributed by atoms with Crippen LogP contribution in [0.2, 0.25) is 0 Å². The highest BCUT2D eigenvalue weighted by Crippen LogP contribution is 2.69. The first-order chi connectivity index (χ1) is 16.0. The van der Waals surface area contributed by atoms with Crippen LogP contribution < -0.4 is 0 Å². The smallest absolute Gasteiger partial charge is 0.0974 e. The highest BCUT2D eigenvalue weighted by atomic mass is 16.5. The third kappa shape index (κ3) is 2.91. The Morgan fingerprint density at radius 1 is 1.06 bits per heavy atom. The summed E-state index contributed by atoms with van der Waals surface area (Å²) in [5.74, 6) is 1.10. The zero-order chi connectivity index (χ0) is 22.8. The molecule has 0 unspecified atom stereocenters. The Balaban J connectivity index is 0.00000101. The summed E-state index contributed by atoms with van der Waals surface area (Å²) >= 11 is 0. The average Bonchev–Trinajstić information content (AvgIpc) is 3.35. The molecule has 6 atom stereocenters. The van der Waals surface area contributed by atoms with Gasteiger partial charge < -0.3 is 9.84 Å². The Morgan fingerprint density at radius 2 is 1.94 bits per heavy atom. The van der Waals surface area contributed by atoms with Crippen LogP contribution in [0.1, 0.15) is 83.6 Å². The van der Waals surface area contributed by atoms with Crippen molar-refractivity contribution < 1.29 is 9.84 Å². The van der Waals surface area contributed by atoms with Crippen LogP contribution in [0.25, 0.3) is 10.8 Å². The van der Waals surface area contributed by atoms with Crippen LogP contribution in [-0.2, 0) is 4.74 Å². The summed E-state index contributed by atoms with van der Waals surface area (Å²) in [6, 6.07) is 9.10. The van der Waals surface area contributed by atoms with Gasteiger partial charge in [0.2, 0.25) is 0 Å². The van der Waals surface area contributed by atoms with Crippen molar-refractivity contribution in [3.63, 3.8) is 0 Å². The van der Waals surface area contributed by atoms with Gasteiger partial charge in [-0.3, -0.25) is 4.98 Å². The molecular formula is C30H37NO2. The third-order valence-electron chi connectivity index (χ3n) is 9.72. The summed E-state index contributed by atoms with van der Waals surface area (Å²) in [7, 11) is 0. The van der Waals surface area contributed by atoms with Crippen molar-refractivity contribution >= 4 is 10.8 Å². The first-order valence-electron chi connectivity index (χ1n) is 13.2. The second-order valence-corrected chi connectivity index (χ2v) is 11.1. The number of allylic oxidation sites excluding steroid dienone is 1. The number of rotatable bonds is 1. The molecule has 0 radical (unpaired) electrons. The lowest BCUT2D eigenvalue weighted by atomic mass is 9.58. The van der Waals surface area contributed by atoms with Crippen molar-refractivity contribution in [3.8, 4) is 0 Å². The predicted octanol–water partition coefficient (Wildman–Crippen LogP) is 6.86. The summed E-state index contributed by atoms with van der Waals surface area (Å²) < 4.78 is 7.18. The van der Waals surface area contributed by atoms with Gasteiger partial charge in [-0.05, 0) is 96.4 Å². The van der Waals surface area contributed by atoms with E-state index in [1.807, 2.05) is 26.2 Å². The van der Waals surface area contributed by atoms with Crippen LogP contribution in [-0.4, -0.2) is 27.4 Å². The number of aliphatic hydroxyl groups excluding tert-OH is 1. The fourth-order valence-electron chi connectivity index (χ4n) is 8.25. The zero-order valence-corrected chi connectivity index (χ0v) is 20.3. The number of hydrogen-bond donors (Lipinski definition) is 1. The van der Waals surface area contributed by atoms with E-state index in [-0.39, 0.29) is 22.7 Å². The molecule has 2 aliphatic heterocycles. The summed E-state index contributed by atoms with van der Waals surface area (Å²) in [6.07, 6.45) is 17.1. The van der Waals surface area contributed by atoms with E-state index >= 15 is 0 Å². The predicted molar refractivity (Wildman–Crippen MR) is 133 cm³/mol. The van der Waals surface area contributed by atoms with Crippen LogP contribution in [0, 0.1) is 11.3 Å². The molecule has 0 amide bonds. The van der Waals surface area contributed by atoms with E-state index < -0.39 is 0 Å². The molecular weight excluding hydrogens is 406 g/mol. The Kier molecular flexibility index (Phi) is 4.91. The minimum absolute atomic E-state index is 0.138. The summed E-state index contributed by atoms with van der Waals surface area (Å²) in [5, 5.41) is 13.0. The number of hydrogen-bond acceptors (Lipinski definition) is 3. The average molecular weight is 444 g/mol. The van der Waals surface area contributed by atoms with Gasteiger partial charge in [0.05, 0.1) is 17.3 Å². The van der Waals surface area contributed by atoms with Crippen molar-refractivity contribution in [2.24, 2.45) is 11.3 Å². The van der Waals surface area contributed by atoms with Gasteiger partial charge in [0.25, 0.3) is 0 Å². The van der Waals surface area contributed by atoms with E-state index in [2.05, 4.69) is 48.3 Å². The maximum Gasteiger partial charge on any atom is 0.0974 e. The van der Waals surface area contributed by atoms with Crippen LogP contribution in [0.3, 0.4) is 0 Å². The molecule has 33 heavy (non-hydrogen) atoms. The molecule has 1 aromatic carbocycles. The molecule has 3 fully saturated rings. The largest absolute Gasteiger partial charge is 0.393 e. The first kappa shape index (κ1) is 21.6. The lowest BCUT2D eigenvalue weighted by molar-refractivity contribution is -0.144. The third-order valence-corrected chi connectivity index (χ3v) is 9.72. The molecule has 3 heteroatoms. The van der Waals surface area contributed by atoms with Gasteiger partial charge in [-0.1, -0.05) is 45.1 Å². The molecule has 3 heterocycles. The molecule has 3 nitrogen and oxygen atoms in total. The van der Waals surface area contributed by atoms with Gasteiger partial charge in [-0.2, -0.15) is 0 Å². The maximum absolute atomic E-state index is 10.4. The second-order valence-electron chi connectivity index (χ2n) is 11.1. The molecule has 2 spiro atoms. The Labute approximate surface area is 198 Å². The SMILES string of the molecule is CC.C[C@]12CC=C3C=C4CC[C@H](O)C[C@]45CC[C@]3(O5)[C@@H]1CC[C@@H]2c1ccc2ccncc2c1. The Morgan fingerprint density at radius 3 is 2.82 bits per heavy atom. The lowest BCUT2D eigenvalue weighted by Crippen LogP contribution is -2.54. The minimum Gasteiger partial charge on any atom is -0.393 e. The van der Waals surface area contributed by atoms with Crippen molar-refractivity contribution in [1.82, 2.24) is 4.98 Å². The lowest BCUT2D eigenvalue weighted by Gasteiger charge is -2.54. The summed E-state index contributed by atoms with van der Waals surface area (Å²) in [6.45, 7) is 6.52. The number of benzene rings is 1. The van der Waals surface area contributed by atoms with Gasteiger partial charge in [0.1, 0.15) is 0 Å². The summed E-state index contributed by atoms with van der Waals surface area (Å²) in [5.41, 5.74) is 4.26. The molecule has 1 saturated heterocycles. The number of aliphatic hydroxyl groups is 1. The van der Waals surface area contributed by atoms with E-state index in [1.165, 1.54) is 40.3 Å². The Bertz CT molecular complexity index is 1150. The Hall–Kier alpha value is -1.97. The number of aromatic nitrogens is 1. The number of pyridine rings is 1. The van der Waals surface area contributed by atoms with E-state index in [0.29, 0.717) is 11.8 Å². The molecule has 2 bridgehead atoms. The summed E-state index contributed by atoms with van der Waals surface area (Å²) in [4.78, 5) is 4.35. The van der Waals surface area contributed by atoms with Gasteiger partial charge in [0, 0.05) is 24.2 Å². The van der Waals surface area contributed by atoms with Gasteiger partial charge in [-0.15, -0.1) is 0 Å². The van der Waals surface area contributed by atoms with Crippen LogP contribution >= 0.6 is 0 Å². The monoisotopic (exact) mass is 443 g/mol. The molecule has 1 N–H and O–H groups in total. The fourth-order valence-corrected chi connectivity index (χ4v) is 8.25. The molecule has 174 valence electrons. The van der Waals surface area contributed by atoms with Gasteiger partial charge >= 0.3 is 0 Å². The van der Waals surface area contributed by atoms with Crippen LogP contribution in [0.5, 0.6) is 0 Å². The van der Waals surface area contributed by atoms with E-state index in [1.54, 1.807) is 0 Å². The van der Waals surface area contributed by atoms with Crippen LogP contribution in [0.15, 0.2) is 60.0 Å². The van der Waals surface area contributed by atoms with Gasteiger partial charge in [-0.25, -0.2) is 0 Å². The van der Waals surface area contributed by atoms with Gasteiger partial charge in [0.15, 0.2) is 0 Å². The van der Waals surface area contributed by atoms with E-state index in [9.17, 15) is 5.11 Å². The molecule has 2 saturated carbocycles. The van der Waals surface area contributed by atoms with Crippen molar-refractivity contribution in [2.45, 2.75) is 95.4 Å². The number of fused-ring (bicyclic) bond motifs is 2. The number of nitrogens with zero attached hydrogens (tertiary/aromatic N) is 1. The second kappa shape index (κ2) is 7.52. The van der Waals surface area contributed by atoms with E-state index in [0.717, 1.165) is 38.5 Å². The molecule has 3 aliphatic carbocycles. The molecule has 1 aromatic heterocycles.